The first-order valence-electron chi connectivity index (χ1n) is 7.91. The van der Waals surface area contributed by atoms with E-state index in [9.17, 15) is 14.7 Å². The Bertz CT molecular complexity index is 380. The van der Waals surface area contributed by atoms with Crippen LogP contribution in [0, 0.1) is 17.3 Å². The van der Waals surface area contributed by atoms with Crippen molar-refractivity contribution >= 4 is 11.9 Å². The van der Waals surface area contributed by atoms with E-state index in [1.54, 1.807) is 4.90 Å². The third kappa shape index (κ3) is 4.70. The number of carboxylic acids is 1. The summed E-state index contributed by atoms with van der Waals surface area (Å²) in [7, 11) is 0. The lowest BCUT2D eigenvalue weighted by Gasteiger charge is -2.44. The van der Waals surface area contributed by atoms with Crippen LogP contribution in [0.5, 0.6) is 0 Å². The van der Waals surface area contributed by atoms with Gasteiger partial charge in [-0.3, -0.25) is 4.79 Å². The number of aliphatic carboxylic acids is 1. The van der Waals surface area contributed by atoms with Gasteiger partial charge in [-0.25, -0.2) is 4.79 Å². The van der Waals surface area contributed by atoms with Gasteiger partial charge in [0, 0.05) is 13.0 Å². The second kappa shape index (κ2) is 7.25. The summed E-state index contributed by atoms with van der Waals surface area (Å²) in [6.07, 6.45) is 2.95. The highest BCUT2D eigenvalue weighted by molar-refractivity contribution is 5.84. The topological polar surface area (TPSA) is 83.6 Å². The van der Waals surface area contributed by atoms with E-state index in [4.69, 9.17) is 5.73 Å². The minimum Gasteiger partial charge on any atom is -0.480 e. The van der Waals surface area contributed by atoms with Gasteiger partial charge in [0.2, 0.25) is 5.91 Å². The van der Waals surface area contributed by atoms with Gasteiger partial charge in [0.25, 0.3) is 0 Å². The lowest BCUT2D eigenvalue weighted by molar-refractivity contribution is -0.159. The molecule has 3 N–H and O–H groups in total. The molecule has 1 unspecified atom stereocenters. The highest BCUT2D eigenvalue weighted by Gasteiger charge is 2.44. The van der Waals surface area contributed by atoms with Gasteiger partial charge in [0.15, 0.2) is 0 Å². The minimum atomic E-state index is -0.902. The molecule has 0 aromatic heterocycles. The van der Waals surface area contributed by atoms with Crippen LogP contribution in [0.15, 0.2) is 0 Å². The van der Waals surface area contributed by atoms with Gasteiger partial charge in [-0.2, -0.15) is 0 Å². The average Bonchev–Trinajstić information content (AvgIpc) is 2.35. The number of likely N-dealkylation sites (tertiary alicyclic amines) is 1. The molecule has 0 aromatic rings. The van der Waals surface area contributed by atoms with Gasteiger partial charge in [0.05, 0.1) is 0 Å². The van der Waals surface area contributed by atoms with E-state index in [0.717, 1.165) is 19.3 Å². The predicted molar refractivity (Wildman–Crippen MR) is 82.8 cm³/mol. The number of amides is 1. The quantitative estimate of drug-likeness (QED) is 0.786. The zero-order valence-corrected chi connectivity index (χ0v) is 13.8. The van der Waals surface area contributed by atoms with Crippen LogP contribution in [0.4, 0.5) is 0 Å². The van der Waals surface area contributed by atoms with Crippen LogP contribution in [0.3, 0.4) is 0 Å². The fourth-order valence-electron chi connectivity index (χ4n) is 3.42. The zero-order valence-electron chi connectivity index (χ0n) is 13.8. The maximum atomic E-state index is 12.6. The molecule has 0 aromatic carbocycles. The first kappa shape index (κ1) is 18.0. The summed E-state index contributed by atoms with van der Waals surface area (Å²) in [6, 6.07) is -0.726. The van der Waals surface area contributed by atoms with Crippen molar-refractivity contribution in [2.75, 3.05) is 13.1 Å². The highest BCUT2D eigenvalue weighted by Crippen LogP contribution is 2.36. The van der Waals surface area contributed by atoms with E-state index in [1.165, 1.54) is 0 Å². The molecule has 1 heterocycles. The van der Waals surface area contributed by atoms with Crippen molar-refractivity contribution < 1.29 is 14.7 Å². The molecular weight excluding hydrogens is 268 g/mol. The van der Waals surface area contributed by atoms with Crippen LogP contribution in [0.2, 0.25) is 0 Å². The van der Waals surface area contributed by atoms with E-state index >= 15 is 0 Å². The molecule has 5 heteroatoms. The Balaban J connectivity index is 2.81. The summed E-state index contributed by atoms with van der Waals surface area (Å²) in [6.45, 7) is 9.09. The maximum absolute atomic E-state index is 12.6. The van der Waals surface area contributed by atoms with Crippen LogP contribution < -0.4 is 5.73 Å². The molecule has 5 nitrogen and oxygen atoms in total. The molecule has 0 spiro atoms. The second-order valence-corrected chi connectivity index (χ2v) is 7.36. The summed E-state index contributed by atoms with van der Waals surface area (Å²) in [4.78, 5) is 25.7. The number of carboxylic acid groups (broad SMARTS) is 1. The van der Waals surface area contributed by atoms with Gasteiger partial charge >= 0.3 is 5.97 Å². The van der Waals surface area contributed by atoms with Crippen molar-refractivity contribution in [1.82, 2.24) is 4.90 Å². The summed E-state index contributed by atoms with van der Waals surface area (Å²) in [5, 5.41) is 9.51. The molecule has 0 radical (unpaired) electrons. The van der Waals surface area contributed by atoms with E-state index in [0.29, 0.717) is 25.4 Å². The van der Waals surface area contributed by atoms with Crippen molar-refractivity contribution in [2.45, 2.75) is 59.4 Å². The Hall–Kier alpha value is -1.10. The highest BCUT2D eigenvalue weighted by atomic mass is 16.4. The molecule has 0 aliphatic carbocycles. The van der Waals surface area contributed by atoms with Gasteiger partial charge in [-0.05, 0) is 43.1 Å². The average molecular weight is 298 g/mol. The number of nitrogens with zero attached hydrogens (tertiary/aromatic N) is 1. The van der Waals surface area contributed by atoms with Crippen molar-refractivity contribution in [2.24, 2.45) is 23.0 Å². The summed E-state index contributed by atoms with van der Waals surface area (Å²) in [5.41, 5.74) is 5.38. The molecule has 1 rings (SSSR count). The normalized spacial score (nSPS) is 23.1. The number of piperidine rings is 1. The predicted octanol–water partition coefficient (Wildman–Crippen LogP) is 2.10. The maximum Gasteiger partial charge on any atom is 0.326 e. The number of hydrogen-bond acceptors (Lipinski definition) is 3. The van der Waals surface area contributed by atoms with Gasteiger partial charge < -0.3 is 15.7 Å². The Morgan fingerprint density at radius 3 is 2.48 bits per heavy atom. The standard InChI is InChI=1S/C16H30N2O3/c1-11(2)8-12(10-17)9-13(19)18-7-5-6-16(3,4)14(18)15(20)21/h11-12,14H,5-10,17H2,1-4H3,(H,20,21)/t12-,14?/m0/s1. The smallest absolute Gasteiger partial charge is 0.326 e. The van der Waals surface area contributed by atoms with Crippen molar-refractivity contribution in [3.05, 3.63) is 0 Å². The van der Waals surface area contributed by atoms with E-state index in [2.05, 4.69) is 13.8 Å². The minimum absolute atomic E-state index is 0.0636. The molecule has 21 heavy (non-hydrogen) atoms. The molecule has 2 atom stereocenters. The van der Waals surface area contributed by atoms with Gasteiger partial charge in [-0.1, -0.05) is 27.7 Å². The Kier molecular flexibility index (Phi) is 6.20. The van der Waals surface area contributed by atoms with E-state index in [1.807, 2.05) is 13.8 Å². The first-order valence-corrected chi connectivity index (χ1v) is 7.91. The fraction of sp³-hybridized carbons (Fsp3) is 0.875. The number of nitrogens with two attached hydrogens (primary N) is 1. The molecule has 1 saturated heterocycles. The third-order valence-corrected chi connectivity index (χ3v) is 4.43. The Morgan fingerprint density at radius 2 is 2.00 bits per heavy atom. The van der Waals surface area contributed by atoms with E-state index < -0.39 is 12.0 Å². The molecule has 1 amide bonds. The lowest BCUT2D eigenvalue weighted by atomic mass is 9.76. The molecule has 122 valence electrons. The van der Waals surface area contributed by atoms with Crippen LogP contribution in [-0.2, 0) is 9.59 Å². The molecule has 1 aliphatic rings. The van der Waals surface area contributed by atoms with Crippen molar-refractivity contribution in [3.63, 3.8) is 0 Å². The summed E-state index contributed by atoms with van der Waals surface area (Å²) >= 11 is 0. The number of carbonyl (C=O) groups excluding carboxylic acids is 1. The van der Waals surface area contributed by atoms with Crippen molar-refractivity contribution in [3.8, 4) is 0 Å². The van der Waals surface area contributed by atoms with Crippen LogP contribution >= 0.6 is 0 Å². The van der Waals surface area contributed by atoms with Gasteiger partial charge in [0.1, 0.15) is 6.04 Å². The first-order chi connectivity index (χ1) is 9.69. The van der Waals surface area contributed by atoms with Crippen LogP contribution in [-0.4, -0.2) is 41.0 Å². The summed E-state index contributed by atoms with van der Waals surface area (Å²) in [5.74, 6) is -0.344. The molecular formula is C16H30N2O3. The molecule has 1 fully saturated rings. The number of hydrogen-bond donors (Lipinski definition) is 2. The molecule has 1 aliphatic heterocycles. The number of rotatable bonds is 6. The van der Waals surface area contributed by atoms with Crippen molar-refractivity contribution in [1.29, 1.82) is 0 Å². The monoisotopic (exact) mass is 298 g/mol. The Morgan fingerprint density at radius 1 is 1.38 bits per heavy atom. The Labute approximate surface area is 127 Å². The van der Waals surface area contributed by atoms with E-state index in [-0.39, 0.29) is 17.2 Å². The SMILES string of the molecule is CC(C)C[C@H](CN)CC(=O)N1CCCC(C)(C)C1C(=O)O. The summed E-state index contributed by atoms with van der Waals surface area (Å²) < 4.78 is 0. The fourth-order valence-corrected chi connectivity index (χ4v) is 3.42. The third-order valence-electron chi connectivity index (χ3n) is 4.43. The zero-order chi connectivity index (χ0) is 16.2. The lowest BCUT2D eigenvalue weighted by Crippen LogP contribution is -2.56. The van der Waals surface area contributed by atoms with Crippen LogP contribution in [0.1, 0.15) is 53.4 Å². The largest absolute Gasteiger partial charge is 0.480 e. The number of carbonyl (C=O) groups is 2. The molecule has 0 saturated carbocycles. The molecule has 0 bridgehead atoms. The second-order valence-electron chi connectivity index (χ2n) is 7.36. The van der Waals surface area contributed by atoms with Crippen LogP contribution in [0.25, 0.3) is 0 Å². The van der Waals surface area contributed by atoms with Gasteiger partial charge in [-0.15, -0.1) is 0 Å².